The molecule has 2 atom stereocenters. The zero-order valence-electron chi connectivity index (χ0n) is 13.6. The molecule has 0 radical (unpaired) electrons. The molecule has 4 heteroatoms. The lowest BCUT2D eigenvalue weighted by Crippen LogP contribution is -2.28. The van der Waals surface area contributed by atoms with Crippen molar-refractivity contribution in [3.8, 4) is 0 Å². The number of alkyl carbamates (subject to hydrolysis) is 1. The lowest BCUT2D eigenvalue weighted by molar-refractivity contribution is 0.170. The Hall–Kier alpha value is -1.55. The van der Waals surface area contributed by atoms with Gasteiger partial charge in [0.25, 0.3) is 0 Å². The fourth-order valence-corrected chi connectivity index (χ4v) is 3.27. The molecule has 1 aliphatic carbocycles. The maximum Gasteiger partial charge on any atom is 0.406 e. The third-order valence-corrected chi connectivity index (χ3v) is 4.61. The summed E-state index contributed by atoms with van der Waals surface area (Å²) in [7, 11) is 1.39. The number of amides is 1. The minimum Gasteiger partial charge on any atom is -0.453 e. The molecule has 4 nitrogen and oxygen atoms in total. The molecule has 1 aromatic carbocycles. The monoisotopic (exact) mass is 305 g/mol. The molecular formula is C18H27NO3. The Morgan fingerprint density at radius 3 is 2.95 bits per heavy atom. The summed E-state index contributed by atoms with van der Waals surface area (Å²) < 4.78 is 4.66. The van der Waals surface area contributed by atoms with E-state index in [9.17, 15) is 9.90 Å². The van der Waals surface area contributed by atoms with E-state index in [1.807, 2.05) is 0 Å². The van der Waals surface area contributed by atoms with Crippen LogP contribution in [0.25, 0.3) is 0 Å². The molecule has 0 fully saturated rings. The van der Waals surface area contributed by atoms with Gasteiger partial charge in [0.05, 0.1) is 7.11 Å². The van der Waals surface area contributed by atoms with Gasteiger partial charge in [-0.2, -0.15) is 0 Å². The molecule has 0 aromatic heterocycles. The van der Waals surface area contributed by atoms with Crippen molar-refractivity contribution >= 4 is 6.09 Å². The van der Waals surface area contributed by atoms with E-state index in [2.05, 4.69) is 35.2 Å². The first-order valence-corrected chi connectivity index (χ1v) is 8.22. The van der Waals surface area contributed by atoms with E-state index in [-0.39, 0.29) is 12.7 Å². The van der Waals surface area contributed by atoms with Crippen LogP contribution in [0, 0.1) is 5.92 Å². The highest BCUT2D eigenvalue weighted by Crippen LogP contribution is 2.29. The van der Waals surface area contributed by atoms with Gasteiger partial charge in [0.15, 0.2) is 0 Å². The number of methoxy groups -OCH3 is 1. The van der Waals surface area contributed by atoms with E-state index in [0.717, 1.165) is 32.1 Å². The molecule has 2 rings (SSSR count). The summed E-state index contributed by atoms with van der Waals surface area (Å²) in [6.07, 6.45) is 4.83. The zero-order valence-corrected chi connectivity index (χ0v) is 13.6. The molecule has 0 aliphatic heterocycles. The standard InChI is InChI=1S/C18H27NO3/c1-3-4-17(11-19-18(21)22-2)16-8-7-14-9-13(12-20)5-6-15(14)10-16/h7-8,10,13,17,20H,3-6,9,11-12H2,1-2H3,(H,19,21). The minimum absolute atomic E-state index is 0.280. The highest BCUT2D eigenvalue weighted by Gasteiger charge is 2.20. The van der Waals surface area contributed by atoms with Gasteiger partial charge in [-0.3, -0.25) is 0 Å². The van der Waals surface area contributed by atoms with Crippen molar-refractivity contribution in [2.45, 2.75) is 44.9 Å². The normalized spacial score (nSPS) is 18.4. The van der Waals surface area contributed by atoms with E-state index in [4.69, 9.17) is 0 Å². The van der Waals surface area contributed by atoms with E-state index < -0.39 is 0 Å². The fraction of sp³-hybridized carbons (Fsp3) is 0.611. The van der Waals surface area contributed by atoms with Gasteiger partial charge >= 0.3 is 6.09 Å². The van der Waals surface area contributed by atoms with Crippen molar-refractivity contribution in [2.24, 2.45) is 5.92 Å². The quantitative estimate of drug-likeness (QED) is 0.849. The van der Waals surface area contributed by atoms with Gasteiger partial charge < -0.3 is 15.2 Å². The third kappa shape index (κ3) is 4.23. The number of carbonyl (C=O) groups is 1. The molecule has 0 spiro atoms. The summed E-state index contributed by atoms with van der Waals surface area (Å²) in [6, 6.07) is 6.67. The van der Waals surface area contributed by atoms with Gasteiger partial charge in [0, 0.05) is 19.1 Å². The van der Waals surface area contributed by atoms with Gasteiger partial charge in [0.2, 0.25) is 0 Å². The molecule has 1 aromatic rings. The predicted molar refractivity (Wildman–Crippen MR) is 87.1 cm³/mol. The summed E-state index contributed by atoms with van der Waals surface area (Å²) in [5.74, 6) is 0.732. The number of rotatable bonds is 6. The number of nitrogens with one attached hydrogen (secondary N) is 1. The van der Waals surface area contributed by atoms with Crippen LogP contribution in [0.3, 0.4) is 0 Å². The molecule has 2 N–H and O–H groups in total. The molecule has 1 amide bonds. The Balaban J connectivity index is 2.10. The highest BCUT2D eigenvalue weighted by atomic mass is 16.5. The number of hydrogen-bond acceptors (Lipinski definition) is 3. The first-order valence-electron chi connectivity index (χ1n) is 8.22. The van der Waals surface area contributed by atoms with E-state index >= 15 is 0 Å². The third-order valence-electron chi connectivity index (χ3n) is 4.61. The molecule has 0 saturated carbocycles. The van der Waals surface area contributed by atoms with Gasteiger partial charge in [-0.15, -0.1) is 0 Å². The Morgan fingerprint density at radius 1 is 1.45 bits per heavy atom. The number of aryl methyl sites for hydroxylation is 1. The predicted octanol–water partition coefficient (Wildman–Crippen LogP) is 3.02. The highest BCUT2D eigenvalue weighted by molar-refractivity contribution is 5.66. The van der Waals surface area contributed by atoms with Gasteiger partial charge in [0.1, 0.15) is 0 Å². The zero-order chi connectivity index (χ0) is 15.9. The molecule has 0 bridgehead atoms. The molecule has 1 aliphatic rings. The van der Waals surface area contributed by atoms with Crippen molar-refractivity contribution in [3.63, 3.8) is 0 Å². The number of carbonyl (C=O) groups excluding carboxylic acids is 1. The maximum atomic E-state index is 11.3. The smallest absolute Gasteiger partial charge is 0.406 e. The Morgan fingerprint density at radius 2 is 2.27 bits per heavy atom. The van der Waals surface area contributed by atoms with E-state index in [1.54, 1.807) is 0 Å². The van der Waals surface area contributed by atoms with Crippen LogP contribution in [-0.2, 0) is 17.6 Å². The van der Waals surface area contributed by atoms with Crippen molar-refractivity contribution in [1.82, 2.24) is 5.32 Å². The summed E-state index contributed by atoms with van der Waals surface area (Å²) >= 11 is 0. The number of aliphatic hydroxyl groups excluding tert-OH is 1. The number of aliphatic hydroxyl groups is 1. The lowest BCUT2D eigenvalue weighted by Gasteiger charge is -2.25. The maximum absolute atomic E-state index is 11.3. The topological polar surface area (TPSA) is 58.6 Å². The van der Waals surface area contributed by atoms with E-state index in [0.29, 0.717) is 18.4 Å². The van der Waals surface area contributed by atoms with Gasteiger partial charge in [-0.25, -0.2) is 4.79 Å². The van der Waals surface area contributed by atoms with Gasteiger partial charge in [-0.1, -0.05) is 31.5 Å². The second-order valence-electron chi connectivity index (χ2n) is 6.18. The average Bonchev–Trinajstić information content (AvgIpc) is 2.57. The largest absolute Gasteiger partial charge is 0.453 e. The first kappa shape index (κ1) is 16.8. The van der Waals surface area contributed by atoms with Crippen LogP contribution < -0.4 is 5.32 Å². The molecule has 0 saturated heterocycles. The summed E-state index contributed by atoms with van der Waals surface area (Å²) in [5, 5.41) is 12.1. The van der Waals surface area contributed by atoms with Crippen molar-refractivity contribution in [1.29, 1.82) is 0 Å². The Labute approximate surface area is 132 Å². The number of fused-ring (bicyclic) bond motifs is 1. The molecule has 2 unspecified atom stereocenters. The number of ether oxygens (including phenoxy) is 1. The summed E-state index contributed by atoms with van der Waals surface area (Å²) in [5.41, 5.74) is 4.06. The van der Waals surface area contributed by atoms with Crippen LogP contribution >= 0.6 is 0 Å². The number of hydrogen-bond donors (Lipinski definition) is 2. The lowest BCUT2D eigenvalue weighted by atomic mass is 9.82. The minimum atomic E-state index is -0.371. The van der Waals surface area contributed by atoms with Crippen LogP contribution in [0.5, 0.6) is 0 Å². The van der Waals surface area contributed by atoms with Crippen LogP contribution in [0.2, 0.25) is 0 Å². The Kier molecular flexibility index (Phi) is 6.25. The molecule has 22 heavy (non-hydrogen) atoms. The number of benzene rings is 1. The van der Waals surface area contributed by atoms with E-state index in [1.165, 1.54) is 23.8 Å². The summed E-state index contributed by atoms with van der Waals surface area (Å²) in [6.45, 7) is 3.05. The molecular weight excluding hydrogens is 278 g/mol. The Bertz CT molecular complexity index is 501. The van der Waals surface area contributed by atoms with Crippen LogP contribution in [0.4, 0.5) is 4.79 Å². The summed E-state index contributed by atoms with van der Waals surface area (Å²) in [4.78, 5) is 11.3. The van der Waals surface area contributed by atoms with Crippen molar-refractivity contribution < 1.29 is 14.6 Å². The van der Waals surface area contributed by atoms with Crippen molar-refractivity contribution in [3.05, 3.63) is 34.9 Å². The average molecular weight is 305 g/mol. The fourth-order valence-electron chi connectivity index (χ4n) is 3.27. The SMILES string of the molecule is CCCC(CNC(=O)OC)c1ccc2c(c1)CCC(CO)C2. The van der Waals surface area contributed by atoms with Crippen molar-refractivity contribution in [2.75, 3.05) is 20.3 Å². The van der Waals surface area contributed by atoms with Gasteiger partial charge in [-0.05, 0) is 48.3 Å². The van der Waals surface area contributed by atoms with Crippen LogP contribution in [0.15, 0.2) is 18.2 Å². The second kappa shape index (κ2) is 8.18. The molecule has 122 valence electrons. The second-order valence-corrected chi connectivity index (χ2v) is 6.18. The van der Waals surface area contributed by atoms with Crippen LogP contribution in [0.1, 0.15) is 48.8 Å². The molecule has 0 heterocycles. The van der Waals surface area contributed by atoms with Crippen LogP contribution in [-0.4, -0.2) is 31.5 Å². The first-order chi connectivity index (χ1) is 10.7.